The Kier molecular flexibility index (Phi) is 7.17. The van der Waals surface area contributed by atoms with Crippen molar-refractivity contribution in [3.05, 3.63) is 60.2 Å². The fourth-order valence-electron chi connectivity index (χ4n) is 5.11. The van der Waals surface area contributed by atoms with E-state index in [0.29, 0.717) is 60.4 Å². The van der Waals surface area contributed by atoms with Crippen LogP contribution in [0.4, 0.5) is 22.1 Å². The summed E-state index contributed by atoms with van der Waals surface area (Å²) < 4.78 is 17.9. The number of anilines is 3. The quantitative estimate of drug-likeness (QED) is 0.324. The van der Waals surface area contributed by atoms with Gasteiger partial charge in [0, 0.05) is 37.1 Å². The van der Waals surface area contributed by atoms with Gasteiger partial charge in [-0.25, -0.2) is 19.7 Å². The van der Waals surface area contributed by atoms with Gasteiger partial charge in [-0.2, -0.15) is 0 Å². The van der Waals surface area contributed by atoms with Gasteiger partial charge in [-0.1, -0.05) is 6.92 Å². The van der Waals surface area contributed by atoms with Crippen molar-refractivity contribution in [2.24, 2.45) is 0 Å². The van der Waals surface area contributed by atoms with Crippen LogP contribution in [0.5, 0.6) is 17.2 Å². The Bertz CT molecular complexity index is 1620. The van der Waals surface area contributed by atoms with Crippen molar-refractivity contribution in [3.8, 4) is 17.2 Å². The molecular weight excluding hydrogens is 534 g/mol. The minimum absolute atomic E-state index is 0.154. The number of benzene rings is 1. The molecule has 11 nitrogen and oxygen atoms in total. The number of hydrogen-bond donors (Lipinski definition) is 1. The lowest BCUT2D eigenvalue weighted by molar-refractivity contribution is 0.00974. The van der Waals surface area contributed by atoms with Gasteiger partial charge in [0.15, 0.2) is 17.4 Å². The van der Waals surface area contributed by atoms with Gasteiger partial charge in [0.05, 0.1) is 17.8 Å². The third-order valence-corrected chi connectivity index (χ3v) is 7.22. The van der Waals surface area contributed by atoms with Crippen LogP contribution in [0.2, 0.25) is 0 Å². The second kappa shape index (κ2) is 11.0. The van der Waals surface area contributed by atoms with Crippen LogP contribution in [-0.4, -0.2) is 68.8 Å². The zero-order valence-electron chi connectivity index (χ0n) is 24.5. The normalized spacial score (nSPS) is 16.4. The number of ether oxygens (including phenoxy) is 3. The molecule has 3 aromatic heterocycles. The Labute approximate surface area is 244 Å². The molecule has 0 radical (unpaired) electrons. The smallest absolute Gasteiger partial charge is 0.410 e. The maximum atomic E-state index is 12.8. The Morgan fingerprint density at radius 2 is 1.98 bits per heavy atom. The fraction of sp³-hybridized carbons (Fsp3) is 0.387. The van der Waals surface area contributed by atoms with Crippen molar-refractivity contribution < 1.29 is 19.0 Å². The van der Waals surface area contributed by atoms with Crippen molar-refractivity contribution in [1.82, 2.24) is 24.8 Å². The molecule has 4 aromatic rings. The summed E-state index contributed by atoms with van der Waals surface area (Å²) in [5.41, 5.74) is 3.56. The van der Waals surface area contributed by atoms with Gasteiger partial charge in [-0.3, -0.25) is 9.88 Å². The van der Waals surface area contributed by atoms with Gasteiger partial charge in [-0.05, 0) is 70.0 Å². The van der Waals surface area contributed by atoms with Crippen LogP contribution in [0.3, 0.4) is 0 Å². The van der Waals surface area contributed by atoms with E-state index in [0.717, 1.165) is 29.1 Å². The van der Waals surface area contributed by atoms with E-state index in [1.165, 1.54) is 6.33 Å². The van der Waals surface area contributed by atoms with E-state index in [9.17, 15) is 4.79 Å². The highest BCUT2D eigenvalue weighted by atomic mass is 16.6. The largest absolute Gasteiger partial charge is 0.487 e. The molecule has 218 valence electrons. The predicted octanol–water partition coefficient (Wildman–Crippen LogP) is 5.64. The van der Waals surface area contributed by atoms with E-state index >= 15 is 0 Å². The number of pyridine rings is 2. The van der Waals surface area contributed by atoms with Gasteiger partial charge in [0.25, 0.3) is 0 Å². The van der Waals surface area contributed by atoms with Crippen LogP contribution in [0.1, 0.15) is 39.0 Å². The summed E-state index contributed by atoms with van der Waals surface area (Å²) >= 11 is 0. The number of carbonyl (C=O) groups is 1. The fourth-order valence-corrected chi connectivity index (χ4v) is 5.11. The monoisotopic (exact) mass is 569 g/mol. The molecular formula is C31H35N7O4. The average Bonchev–Trinajstić information content (AvgIpc) is 3.09. The van der Waals surface area contributed by atoms with Gasteiger partial charge >= 0.3 is 6.09 Å². The first-order valence-electron chi connectivity index (χ1n) is 14.2. The van der Waals surface area contributed by atoms with Crippen LogP contribution in [0, 0.1) is 6.92 Å². The molecule has 1 atom stereocenters. The number of nitrogens with zero attached hydrogens (tertiary/aromatic N) is 6. The summed E-state index contributed by atoms with van der Waals surface area (Å²) in [6.45, 7) is 11.8. The Balaban J connectivity index is 1.22. The molecule has 1 aromatic carbocycles. The maximum absolute atomic E-state index is 12.8. The zero-order valence-corrected chi connectivity index (χ0v) is 24.5. The van der Waals surface area contributed by atoms with E-state index < -0.39 is 5.60 Å². The molecule has 0 aliphatic carbocycles. The number of fused-ring (bicyclic) bond motifs is 5. The third-order valence-electron chi connectivity index (χ3n) is 7.22. The van der Waals surface area contributed by atoms with E-state index in [1.807, 2.05) is 64.1 Å². The summed E-state index contributed by atoms with van der Waals surface area (Å²) in [4.78, 5) is 35.1. The predicted molar refractivity (Wildman–Crippen MR) is 160 cm³/mol. The minimum Gasteiger partial charge on any atom is -0.487 e. The first-order chi connectivity index (χ1) is 20.2. The number of hydrogen-bond acceptors (Lipinski definition) is 10. The van der Waals surface area contributed by atoms with Crippen molar-refractivity contribution in [2.75, 3.05) is 36.5 Å². The molecule has 6 rings (SSSR count). The van der Waals surface area contributed by atoms with Crippen molar-refractivity contribution in [2.45, 2.75) is 52.7 Å². The topological polar surface area (TPSA) is 115 Å². The van der Waals surface area contributed by atoms with Crippen molar-refractivity contribution in [1.29, 1.82) is 0 Å². The molecule has 2 bridgehead atoms. The summed E-state index contributed by atoms with van der Waals surface area (Å²) in [6, 6.07) is 11.5. The number of nitrogens with one attached hydrogen (secondary N) is 1. The molecule has 0 saturated carbocycles. The number of piperazine rings is 1. The lowest BCUT2D eigenvalue weighted by Crippen LogP contribution is -2.57. The van der Waals surface area contributed by atoms with Crippen molar-refractivity contribution >= 4 is 34.4 Å². The SMILES string of the molecule is CCc1ccc(Oc2ccc(Nc3ncnc4cc5c(nc34)N3CCN(C(=O)OC(C)(C)C)[C@H](CO5)C3)cc2C)cn1. The maximum Gasteiger partial charge on any atom is 0.410 e. The average molecular weight is 570 g/mol. The summed E-state index contributed by atoms with van der Waals surface area (Å²) in [5, 5.41) is 3.41. The molecule has 2 aliphatic rings. The molecule has 11 heteroatoms. The van der Waals surface area contributed by atoms with Crippen LogP contribution in [0.25, 0.3) is 11.0 Å². The Hall–Kier alpha value is -4.67. The molecule has 0 spiro atoms. The number of carbonyl (C=O) groups excluding carboxylic acids is 1. The first-order valence-corrected chi connectivity index (χ1v) is 14.2. The van der Waals surface area contributed by atoms with E-state index in [1.54, 1.807) is 11.1 Å². The van der Waals surface area contributed by atoms with E-state index in [4.69, 9.17) is 19.2 Å². The molecule has 1 fully saturated rings. The molecule has 42 heavy (non-hydrogen) atoms. The highest BCUT2D eigenvalue weighted by Gasteiger charge is 2.37. The highest BCUT2D eigenvalue weighted by Crippen LogP contribution is 2.36. The summed E-state index contributed by atoms with van der Waals surface area (Å²) in [6.07, 6.45) is 3.81. The molecule has 5 heterocycles. The number of aromatic nitrogens is 4. The zero-order chi connectivity index (χ0) is 29.4. The standard InChI is InChI=1S/C31H35N7O4/c1-6-20-7-9-23(15-32-20)41-25-10-8-21(13-19(25)2)35-28-27-24(33-18-34-28)14-26-29(36-27)37-11-12-38(22(16-37)17-40-26)30(39)42-31(3,4)5/h7-10,13-15,18,22H,6,11-12,16-17H2,1-5H3,(H,33,34,35)/t22-/m0/s1. The summed E-state index contributed by atoms with van der Waals surface area (Å²) in [5.74, 6) is 3.39. The molecule has 1 amide bonds. The van der Waals surface area contributed by atoms with Crippen LogP contribution in [-0.2, 0) is 11.2 Å². The van der Waals surface area contributed by atoms with E-state index in [2.05, 4.69) is 32.1 Å². The third kappa shape index (κ3) is 5.72. The number of aryl methyl sites for hydroxylation is 2. The first kappa shape index (κ1) is 27.5. The molecule has 1 N–H and O–H groups in total. The molecule has 1 saturated heterocycles. The van der Waals surface area contributed by atoms with Crippen LogP contribution < -0.4 is 19.7 Å². The second-order valence-electron chi connectivity index (χ2n) is 11.5. The lowest BCUT2D eigenvalue weighted by Gasteiger charge is -2.39. The number of rotatable bonds is 5. The number of amides is 1. The Morgan fingerprint density at radius 3 is 2.71 bits per heavy atom. The highest BCUT2D eigenvalue weighted by molar-refractivity contribution is 5.90. The lowest BCUT2D eigenvalue weighted by atomic mass is 10.2. The summed E-state index contributed by atoms with van der Waals surface area (Å²) in [7, 11) is 0. The van der Waals surface area contributed by atoms with E-state index in [-0.39, 0.29) is 12.1 Å². The van der Waals surface area contributed by atoms with Gasteiger partial charge in [0.1, 0.15) is 35.6 Å². The molecule has 0 unspecified atom stereocenters. The second-order valence-corrected chi connectivity index (χ2v) is 11.5. The minimum atomic E-state index is -0.561. The Morgan fingerprint density at radius 1 is 1.12 bits per heavy atom. The van der Waals surface area contributed by atoms with Crippen molar-refractivity contribution in [3.63, 3.8) is 0 Å². The van der Waals surface area contributed by atoms with Crippen LogP contribution >= 0.6 is 0 Å². The van der Waals surface area contributed by atoms with Gasteiger partial charge < -0.3 is 24.4 Å². The molecule has 2 aliphatic heterocycles. The van der Waals surface area contributed by atoms with Gasteiger partial charge in [-0.15, -0.1) is 0 Å². The van der Waals surface area contributed by atoms with Crippen LogP contribution in [0.15, 0.2) is 48.9 Å². The van der Waals surface area contributed by atoms with Gasteiger partial charge in [0.2, 0.25) is 0 Å².